The van der Waals surface area contributed by atoms with Crippen LogP contribution in [0.15, 0.2) is 62.5 Å². The number of hydrogen-bond acceptors (Lipinski definition) is 13. The number of fused-ring (bicyclic) bond motifs is 1. The molecule has 0 aliphatic rings. The standard InChI is InChI=1S/C18H16N3O11PS2.2Na/c1-9(22)19-14-8-13(34(27,28)29)5-10-6-15(35(30,31)32)17(18(23)16(10)14)21-20-11-3-2-4-12(7-11)33(24,25)26;;/h2-8,23H,1H3,(H,19,22)(H2,24,25,26)(H,27,28,29)(H,30,31,32);;/q;2*+1/p-3. The number of phenolic OH excluding ortho intramolecular Hbond substituents is 1. The Morgan fingerprint density at radius 2 is 1.62 bits per heavy atom. The number of nitrogens with zero attached hydrogens (tertiary/aromatic N) is 2. The summed E-state index contributed by atoms with van der Waals surface area (Å²) in [6, 6.07) is 6.11. The van der Waals surface area contributed by atoms with Crippen LogP contribution in [0.2, 0.25) is 0 Å². The van der Waals surface area contributed by atoms with E-state index >= 15 is 0 Å². The van der Waals surface area contributed by atoms with E-state index in [-0.39, 0.29) is 71.6 Å². The van der Waals surface area contributed by atoms with Gasteiger partial charge in [0.25, 0.3) is 0 Å². The molecule has 0 saturated heterocycles. The summed E-state index contributed by atoms with van der Waals surface area (Å²) in [5, 5.41) is 18.6. The van der Waals surface area contributed by atoms with Gasteiger partial charge in [-0.05, 0) is 48.6 Å². The summed E-state index contributed by atoms with van der Waals surface area (Å²) in [6.45, 7) is 1.02. The number of aromatic hydroxyl groups is 1. The van der Waals surface area contributed by atoms with Gasteiger partial charge in [0.2, 0.25) is 5.91 Å². The van der Waals surface area contributed by atoms with Crippen LogP contribution in [-0.2, 0) is 29.6 Å². The van der Waals surface area contributed by atoms with Crippen molar-refractivity contribution in [1.82, 2.24) is 0 Å². The molecule has 0 atom stereocenters. The molecule has 3 rings (SSSR count). The summed E-state index contributed by atoms with van der Waals surface area (Å²) in [7, 11) is -15.7. The van der Waals surface area contributed by atoms with Crippen molar-refractivity contribution in [3.8, 4) is 5.75 Å². The molecular weight excluding hydrogens is 575 g/mol. The fraction of sp³-hybridized carbons (Fsp3) is 0.0556. The van der Waals surface area contributed by atoms with Gasteiger partial charge in [0.15, 0.2) is 5.75 Å². The Labute approximate surface area is 255 Å². The summed E-state index contributed by atoms with van der Waals surface area (Å²) in [5.74, 6) is -1.79. The monoisotopic (exact) mass is 588 g/mol. The topological polar surface area (TPSA) is 252 Å². The molecule has 0 spiro atoms. The fourth-order valence-electron chi connectivity index (χ4n) is 3.01. The second-order valence-corrected chi connectivity index (χ2v) is 11.2. The van der Waals surface area contributed by atoms with Crippen LogP contribution < -0.4 is 79.5 Å². The zero-order chi connectivity index (χ0) is 26.3. The van der Waals surface area contributed by atoms with Crippen molar-refractivity contribution in [2.45, 2.75) is 16.7 Å². The number of rotatable bonds is 6. The van der Waals surface area contributed by atoms with Gasteiger partial charge in [0.05, 0.1) is 21.2 Å². The second kappa shape index (κ2) is 12.3. The molecule has 3 aromatic rings. The maximum Gasteiger partial charge on any atom is 1.00 e. The summed E-state index contributed by atoms with van der Waals surface area (Å²) < 4.78 is 81.3. The molecule has 3 aromatic carbocycles. The van der Waals surface area contributed by atoms with Gasteiger partial charge in [0, 0.05) is 12.3 Å². The number of benzene rings is 3. The van der Waals surface area contributed by atoms with Crippen LogP contribution in [0, 0.1) is 0 Å². The van der Waals surface area contributed by atoms with Gasteiger partial charge in [0.1, 0.15) is 25.9 Å². The molecule has 0 aliphatic heterocycles. The van der Waals surface area contributed by atoms with E-state index in [2.05, 4.69) is 15.5 Å². The number of amides is 1. The maximum absolute atomic E-state index is 11.9. The number of carbonyl (C=O) groups is 1. The van der Waals surface area contributed by atoms with E-state index in [0.29, 0.717) is 18.2 Å². The quantitative estimate of drug-likeness (QED) is 0.119. The van der Waals surface area contributed by atoms with E-state index in [1.807, 2.05) is 0 Å². The van der Waals surface area contributed by atoms with E-state index in [4.69, 9.17) is 0 Å². The molecule has 2 N–H and O–H groups in total. The minimum atomic E-state index is -5.39. The van der Waals surface area contributed by atoms with Gasteiger partial charge in [-0.1, -0.05) is 12.1 Å². The van der Waals surface area contributed by atoms with Crippen molar-refractivity contribution in [2.24, 2.45) is 10.2 Å². The van der Waals surface area contributed by atoms with Crippen molar-refractivity contribution in [2.75, 3.05) is 5.32 Å². The Morgan fingerprint density at radius 1 is 1.00 bits per heavy atom. The number of anilines is 1. The van der Waals surface area contributed by atoms with Gasteiger partial charge >= 0.3 is 60.5 Å². The van der Waals surface area contributed by atoms with E-state index in [1.165, 1.54) is 6.07 Å². The van der Waals surface area contributed by atoms with Gasteiger partial charge in [-0.15, -0.1) is 5.11 Å². The predicted molar refractivity (Wildman–Crippen MR) is 115 cm³/mol. The van der Waals surface area contributed by atoms with Crippen molar-refractivity contribution in [3.63, 3.8) is 0 Å². The van der Waals surface area contributed by atoms with Gasteiger partial charge in [-0.2, -0.15) is 5.11 Å². The first-order chi connectivity index (χ1) is 16.0. The molecule has 37 heavy (non-hydrogen) atoms. The fourth-order valence-corrected chi connectivity index (χ4v) is 4.75. The summed E-state index contributed by atoms with van der Waals surface area (Å²) in [4.78, 5) is 31.9. The number of hydrogen-bond donors (Lipinski definition) is 2. The minimum absolute atomic E-state index is 0. The molecule has 0 aliphatic carbocycles. The van der Waals surface area contributed by atoms with Gasteiger partial charge in [-0.3, -0.25) is 4.79 Å². The Balaban J connectivity index is 0.00000456. The van der Waals surface area contributed by atoms with E-state index in [9.17, 15) is 50.2 Å². The van der Waals surface area contributed by atoms with E-state index in [0.717, 1.165) is 25.1 Å². The molecule has 0 unspecified atom stereocenters. The Kier molecular flexibility index (Phi) is 11.2. The van der Waals surface area contributed by atoms with Crippen LogP contribution in [-0.4, -0.2) is 37.0 Å². The van der Waals surface area contributed by atoms with E-state index in [1.54, 1.807) is 0 Å². The Bertz CT molecular complexity index is 1680. The first-order valence-electron chi connectivity index (χ1n) is 9.06. The van der Waals surface area contributed by atoms with E-state index < -0.39 is 71.3 Å². The summed E-state index contributed by atoms with van der Waals surface area (Å²) in [6.07, 6.45) is 0. The number of nitrogens with one attached hydrogen (secondary N) is 1. The molecular formula is C18H13N3Na2O11PS2-. The van der Waals surface area contributed by atoms with Crippen LogP contribution in [0.25, 0.3) is 10.8 Å². The minimum Gasteiger partial charge on any atom is -0.807 e. The zero-order valence-electron chi connectivity index (χ0n) is 20.2. The average Bonchev–Trinajstić information content (AvgIpc) is 2.70. The second-order valence-electron chi connectivity index (χ2n) is 6.95. The van der Waals surface area contributed by atoms with Crippen molar-refractivity contribution in [3.05, 3.63) is 42.5 Å². The maximum atomic E-state index is 11.9. The molecule has 0 fully saturated rings. The van der Waals surface area contributed by atoms with Crippen LogP contribution in [0.4, 0.5) is 17.1 Å². The average molecular weight is 588 g/mol. The largest absolute Gasteiger partial charge is 1.00 e. The van der Waals surface area contributed by atoms with Crippen LogP contribution in [0.1, 0.15) is 8.35 Å². The van der Waals surface area contributed by atoms with Crippen LogP contribution in [0.5, 0.6) is 5.75 Å². The molecule has 0 radical (unpaired) electrons. The predicted octanol–water partition coefficient (Wildman–Crippen LogP) is -5.61. The first-order valence-corrected chi connectivity index (χ1v) is 13.4. The Hall–Kier alpha value is -1.24. The smallest absolute Gasteiger partial charge is 0.807 e. The van der Waals surface area contributed by atoms with Crippen molar-refractivity contribution >= 4 is 66.9 Å². The molecule has 1 amide bonds. The molecule has 0 saturated carbocycles. The zero-order valence-corrected chi connectivity index (χ0v) is 25.8. The molecule has 0 aromatic heterocycles. The Morgan fingerprint density at radius 3 is 2.14 bits per heavy atom. The summed E-state index contributed by atoms with van der Waals surface area (Å²) in [5.41, 5.74) is -1.62. The van der Waals surface area contributed by atoms with Crippen LogP contribution >= 0.6 is 7.60 Å². The number of phenols is 1. The normalized spacial score (nSPS) is 12.1. The summed E-state index contributed by atoms with van der Waals surface area (Å²) >= 11 is 0. The van der Waals surface area contributed by atoms with Crippen LogP contribution in [0.3, 0.4) is 0 Å². The molecule has 186 valence electrons. The molecule has 0 bridgehead atoms. The SMILES string of the molecule is CC(=O)Nc1cc(S(=O)(=O)[O-])cc2cc(S(=O)(=O)[O-])c(N=Nc3cccc(P(=O)([O-])[O-])c3)c(O)c12.[H+].[Na+].[Na+]. The van der Waals surface area contributed by atoms with Crippen molar-refractivity contribution < 1.29 is 111 Å². The molecule has 19 heteroatoms. The van der Waals surface area contributed by atoms with Crippen molar-refractivity contribution in [1.29, 1.82) is 0 Å². The third-order valence-corrected chi connectivity index (χ3v) is 6.98. The molecule has 14 nitrogen and oxygen atoms in total. The third kappa shape index (κ3) is 8.12. The third-order valence-electron chi connectivity index (χ3n) is 4.40. The molecule has 0 heterocycles. The number of azo groups is 1. The van der Waals surface area contributed by atoms with Gasteiger partial charge in [-0.25, -0.2) is 16.8 Å². The first kappa shape index (κ1) is 33.8. The number of carbonyl (C=O) groups excluding carboxylic acids is 1. The van der Waals surface area contributed by atoms with Gasteiger partial charge < -0.3 is 33.9 Å².